The molecule has 20 heavy (non-hydrogen) atoms. The molecule has 0 spiro atoms. The van der Waals surface area contributed by atoms with Crippen LogP contribution < -0.4 is 5.32 Å². The molecule has 1 aliphatic carbocycles. The number of carbonyl (C=O) groups is 1. The number of amides is 1. The third kappa shape index (κ3) is 3.77. The third-order valence-corrected chi connectivity index (χ3v) is 5.04. The van der Waals surface area contributed by atoms with Gasteiger partial charge in [0.05, 0.1) is 12.2 Å². The molecule has 1 fully saturated rings. The maximum Gasteiger partial charge on any atom is 0.252 e. The van der Waals surface area contributed by atoms with Crippen molar-refractivity contribution in [2.45, 2.75) is 37.0 Å². The van der Waals surface area contributed by atoms with Crippen LogP contribution in [-0.4, -0.2) is 24.2 Å². The maximum atomic E-state index is 12.3. The molecule has 1 aliphatic rings. The molecule has 0 radical (unpaired) electrons. The molecule has 0 bridgehead atoms. The second kappa shape index (κ2) is 6.96. The fraction of sp³-hybridized carbons (Fsp3) is 0.533. The van der Waals surface area contributed by atoms with Gasteiger partial charge in [0, 0.05) is 21.3 Å². The predicted octanol–water partition coefficient (Wildman–Crippen LogP) is 3.41. The number of thiol groups is 1. The molecule has 3 nitrogen and oxygen atoms in total. The number of aliphatic hydroxyl groups is 1. The van der Waals surface area contributed by atoms with Crippen LogP contribution in [0.15, 0.2) is 27.6 Å². The van der Waals surface area contributed by atoms with Gasteiger partial charge in [0.25, 0.3) is 5.91 Å². The second-order valence-corrected chi connectivity index (χ2v) is 6.94. The highest BCUT2D eigenvalue weighted by molar-refractivity contribution is 9.10. The molecule has 110 valence electrons. The Labute approximate surface area is 133 Å². The van der Waals surface area contributed by atoms with E-state index in [0.29, 0.717) is 12.1 Å². The number of hydrogen-bond donors (Lipinski definition) is 3. The van der Waals surface area contributed by atoms with Crippen LogP contribution in [0.1, 0.15) is 42.5 Å². The largest absolute Gasteiger partial charge is 0.396 e. The van der Waals surface area contributed by atoms with Crippen molar-refractivity contribution in [2.75, 3.05) is 13.2 Å². The summed E-state index contributed by atoms with van der Waals surface area (Å²) in [6, 6.07) is 5.40. The molecule has 2 N–H and O–H groups in total. The molecule has 0 aromatic heterocycles. The Morgan fingerprint density at radius 2 is 2.05 bits per heavy atom. The molecule has 0 atom stereocenters. The first-order chi connectivity index (χ1) is 9.56. The lowest BCUT2D eigenvalue weighted by Crippen LogP contribution is -2.41. The Morgan fingerprint density at radius 1 is 1.35 bits per heavy atom. The average molecular weight is 358 g/mol. The fourth-order valence-electron chi connectivity index (χ4n) is 2.74. The molecule has 0 saturated heterocycles. The average Bonchev–Trinajstić information content (AvgIpc) is 2.48. The number of rotatable bonds is 4. The van der Waals surface area contributed by atoms with E-state index in [1.165, 1.54) is 6.42 Å². The molecule has 1 amide bonds. The SMILES string of the molecule is O=C(NCC1(CO)CCCCC1)c1cc(S)ccc1Br. The van der Waals surface area contributed by atoms with E-state index in [-0.39, 0.29) is 17.9 Å². The van der Waals surface area contributed by atoms with Crippen LogP contribution in [0, 0.1) is 5.41 Å². The molecule has 5 heteroatoms. The highest BCUT2D eigenvalue weighted by Gasteiger charge is 2.31. The van der Waals surface area contributed by atoms with Gasteiger partial charge in [0.15, 0.2) is 0 Å². The first-order valence-electron chi connectivity index (χ1n) is 6.94. The predicted molar refractivity (Wildman–Crippen MR) is 86.3 cm³/mol. The van der Waals surface area contributed by atoms with E-state index in [1.807, 2.05) is 12.1 Å². The van der Waals surface area contributed by atoms with Crippen molar-refractivity contribution in [2.24, 2.45) is 5.41 Å². The van der Waals surface area contributed by atoms with Crippen molar-refractivity contribution >= 4 is 34.5 Å². The van der Waals surface area contributed by atoms with Gasteiger partial charge in [0.2, 0.25) is 0 Å². The monoisotopic (exact) mass is 357 g/mol. The van der Waals surface area contributed by atoms with E-state index < -0.39 is 0 Å². The van der Waals surface area contributed by atoms with Gasteiger partial charge in [-0.25, -0.2) is 0 Å². The molecule has 0 unspecified atom stereocenters. The zero-order valence-electron chi connectivity index (χ0n) is 11.4. The lowest BCUT2D eigenvalue weighted by molar-refractivity contribution is 0.0717. The number of benzene rings is 1. The third-order valence-electron chi connectivity index (χ3n) is 4.07. The summed E-state index contributed by atoms with van der Waals surface area (Å²) < 4.78 is 0.759. The van der Waals surface area contributed by atoms with Gasteiger partial charge in [-0.15, -0.1) is 12.6 Å². The maximum absolute atomic E-state index is 12.3. The summed E-state index contributed by atoms with van der Waals surface area (Å²) in [5.41, 5.74) is 0.445. The van der Waals surface area contributed by atoms with Crippen LogP contribution in [0.2, 0.25) is 0 Å². The summed E-state index contributed by atoms with van der Waals surface area (Å²) in [5.74, 6) is -0.119. The van der Waals surface area contributed by atoms with E-state index in [2.05, 4.69) is 33.9 Å². The Balaban J connectivity index is 2.02. The van der Waals surface area contributed by atoms with Crippen LogP contribution >= 0.6 is 28.6 Å². The highest BCUT2D eigenvalue weighted by atomic mass is 79.9. The highest BCUT2D eigenvalue weighted by Crippen LogP contribution is 2.35. The Kier molecular flexibility index (Phi) is 5.52. The van der Waals surface area contributed by atoms with E-state index in [0.717, 1.165) is 35.1 Å². The topological polar surface area (TPSA) is 49.3 Å². The van der Waals surface area contributed by atoms with Crippen molar-refractivity contribution in [1.29, 1.82) is 0 Å². The molecule has 2 rings (SSSR count). The molecule has 0 heterocycles. The van der Waals surface area contributed by atoms with Gasteiger partial charge in [-0.3, -0.25) is 4.79 Å². The normalized spacial score (nSPS) is 17.8. The zero-order chi connectivity index (χ0) is 14.6. The first-order valence-corrected chi connectivity index (χ1v) is 8.18. The van der Waals surface area contributed by atoms with Crippen LogP contribution in [0.25, 0.3) is 0 Å². The van der Waals surface area contributed by atoms with E-state index in [9.17, 15) is 9.90 Å². The standard InChI is InChI=1S/C15H20BrNO2S/c16-13-5-4-11(20)8-12(13)14(19)17-9-15(10-18)6-2-1-3-7-15/h4-5,8,18,20H,1-3,6-7,9-10H2,(H,17,19). The minimum absolute atomic E-state index is 0.119. The Hall–Kier alpha value is -0.520. The molecule has 1 aromatic rings. The molecule has 1 saturated carbocycles. The summed E-state index contributed by atoms with van der Waals surface area (Å²) in [7, 11) is 0. The lowest BCUT2D eigenvalue weighted by Gasteiger charge is -2.35. The summed E-state index contributed by atoms with van der Waals surface area (Å²) in [4.78, 5) is 13.0. The van der Waals surface area contributed by atoms with Crippen LogP contribution in [0.4, 0.5) is 0 Å². The lowest BCUT2D eigenvalue weighted by atomic mass is 9.74. The summed E-state index contributed by atoms with van der Waals surface area (Å²) in [5, 5.41) is 12.6. The minimum atomic E-state index is -0.140. The van der Waals surface area contributed by atoms with Crippen LogP contribution in [0.3, 0.4) is 0 Å². The molecule has 1 aromatic carbocycles. The van der Waals surface area contributed by atoms with Crippen molar-refractivity contribution in [3.05, 3.63) is 28.2 Å². The smallest absolute Gasteiger partial charge is 0.252 e. The number of hydrogen-bond acceptors (Lipinski definition) is 3. The van der Waals surface area contributed by atoms with Gasteiger partial charge in [-0.05, 0) is 47.0 Å². The Bertz CT molecular complexity index is 487. The number of aliphatic hydroxyl groups excluding tert-OH is 1. The van der Waals surface area contributed by atoms with Crippen molar-refractivity contribution in [3.8, 4) is 0 Å². The second-order valence-electron chi connectivity index (χ2n) is 5.57. The Morgan fingerprint density at radius 3 is 2.70 bits per heavy atom. The van der Waals surface area contributed by atoms with Gasteiger partial charge >= 0.3 is 0 Å². The van der Waals surface area contributed by atoms with Crippen LogP contribution in [-0.2, 0) is 0 Å². The van der Waals surface area contributed by atoms with Crippen LogP contribution in [0.5, 0.6) is 0 Å². The fourth-order valence-corrected chi connectivity index (χ4v) is 3.37. The zero-order valence-corrected chi connectivity index (χ0v) is 13.8. The minimum Gasteiger partial charge on any atom is -0.396 e. The first kappa shape index (κ1) is 15.9. The summed E-state index contributed by atoms with van der Waals surface area (Å²) >= 11 is 7.64. The number of nitrogens with one attached hydrogen (secondary N) is 1. The molecule has 0 aliphatic heterocycles. The molecular weight excluding hydrogens is 338 g/mol. The number of halogens is 1. The number of carbonyl (C=O) groups excluding carboxylic acids is 1. The summed E-state index contributed by atoms with van der Waals surface area (Å²) in [6.07, 6.45) is 5.45. The van der Waals surface area contributed by atoms with E-state index in [4.69, 9.17) is 0 Å². The quantitative estimate of drug-likeness (QED) is 0.723. The van der Waals surface area contributed by atoms with Crippen molar-refractivity contribution in [3.63, 3.8) is 0 Å². The van der Waals surface area contributed by atoms with Gasteiger partial charge < -0.3 is 10.4 Å². The van der Waals surface area contributed by atoms with E-state index >= 15 is 0 Å². The molecular formula is C15H20BrNO2S. The van der Waals surface area contributed by atoms with Crippen molar-refractivity contribution in [1.82, 2.24) is 5.32 Å². The van der Waals surface area contributed by atoms with E-state index in [1.54, 1.807) is 6.07 Å². The van der Waals surface area contributed by atoms with Gasteiger partial charge in [-0.2, -0.15) is 0 Å². The summed E-state index contributed by atoms with van der Waals surface area (Å²) in [6.45, 7) is 0.673. The van der Waals surface area contributed by atoms with Gasteiger partial charge in [-0.1, -0.05) is 19.3 Å². The van der Waals surface area contributed by atoms with Gasteiger partial charge in [0.1, 0.15) is 0 Å². The van der Waals surface area contributed by atoms with Crippen molar-refractivity contribution < 1.29 is 9.90 Å².